The molecule has 0 unspecified atom stereocenters. The molecule has 1 N–H and O–H groups in total. The average Bonchev–Trinajstić information content (AvgIpc) is 2.86. The van der Waals surface area contributed by atoms with Gasteiger partial charge in [-0.25, -0.2) is 9.37 Å². The number of nitrogens with zero attached hydrogens (tertiary/aromatic N) is 3. The number of carbonyl (C=O) groups is 2. The van der Waals surface area contributed by atoms with E-state index in [9.17, 15) is 19.1 Å². The van der Waals surface area contributed by atoms with E-state index in [2.05, 4.69) is 16.8 Å². The van der Waals surface area contributed by atoms with Crippen molar-refractivity contribution in [1.82, 2.24) is 14.8 Å². The Morgan fingerprint density at radius 1 is 1.40 bits per heavy atom. The van der Waals surface area contributed by atoms with Crippen LogP contribution in [-0.4, -0.2) is 84.3 Å². The zero-order valence-electron chi connectivity index (χ0n) is 20.3. The van der Waals surface area contributed by atoms with Gasteiger partial charge in [0.2, 0.25) is 5.88 Å². The molecule has 3 rings (SSSR count). The van der Waals surface area contributed by atoms with E-state index < -0.39 is 18.0 Å². The zero-order valence-corrected chi connectivity index (χ0v) is 20.3. The molecule has 1 aliphatic heterocycles. The summed E-state index contributed by atoms with van der Waals surface area (Å²) >= 11 is 0. The Hall–Kier alpha value is -3.48. The lowest BCUT2D eigenvalue weighted by Crippen LogP contribution is -2.50. The van der Waals surface area contributed by atoms with Gasteiger partial charge >= 0.3 is 0 Å². The predicted molar refractivity (Wildman–Crippen MR) is 128 cm³/mol. The molecule has 2 amide bonds. The number of aliphatic hydroxyl groups excluding tert-OH is 1. The van der Waals surface area contributed by atoms with Gasteiger partial charge in [-0.15, -0.1) is 0 Å². The molecule has 2 aromatic rings. The topological polar surface area (TPSA) is 92.2 Å². The average molecular weight is 484 g/mol. The van der Waals surface area contributed by atoms with E-state index >= 15 is 0 Å². The highest BCUT2D eigenvalue weighted by molar-refractivity contribution is 5.97. The van der Waals surface area contributed by atoms with Gasteiger partial charge in [0.25, 0.3) is 11.8 Å². The lowest BCUT2D eigenvalue weighted by molar-refractivity contribution is 0.0313. The number of aliphatic hydroxyl groups is 1. The molecule has 0 spiro atoms. The molecule has 0 saturated heterocycles. The molecule has 0 aliphatic carbocycles. The molecule has 1 aromatic carbocycles. The fraction of sp³-hybridized carbons (Fsp3) is 0.423. The minimum atomic E-state index is -0.498. The summed E-state index contributed by atoms with van der Waals surface area (Å²) in [6, 6.07) is 6.53. The highest BCUT2D eigenvalue weighted by atomic mass is 19.1. The SMILES string of the molecule is COCC#Cc1cnc2c(c1)C(=O)N([C@@H](C)CO)C[C@@H](C)[C@@H](CN(C)C(=O)c1ccc(F)cc1)O2. The van der Waals surface area contributed by atoms with Crippen LogP contribution in [0.3, 0.4) is 0 Å². The van der Waals surface area contributed by atoms with E-state index in [1.54, 1.807) is 24.9 Å². The standard InChI is InChI=1S/C26H30FN3O5/c1-17-14-30(18(2)16-31)26(33)22-12-19(6-5-11-34-4)13-28-24(22)35-23(17)15-29(3)25(32)20-7-9-21(27)10-8-20/h7-10,12-13,17-18,23,31H,11,14-16H2,1-4H3/t17-,18+,23-/m1/s1. The summed E-state index contributed by atoms with van der Waals surface area (Å²) in [5.74, 6) is 4.68. The third-order valence-electron chi connectivity index (χ3n) is 5.86. The maximum Gasteiger partial charge on any atom is 0.259 e. The number of benzene rings is 1. The second-order valence-corrected chi connectivity index (χ2v) is 8.63. The molecule has 3 atom stereocenters. The Morgan fingerprint density at radius 2 is 2.11 bits per heavy atom. The van der Waals surface area contributed by atoms with Crippen LogP contribution in [0.2, 0.25) is 0 Å². The molecule has 35 heavy (non-hydrogen) atoms. The quantitative estimate of drug-likeness (QED) is 0.634. The van der Waals surface area contributed by atoms with Crippen molar-refractivity contribution in [3.05, 3.63) is 59.0 Å². The molecule has 186 valence electrons. The maximum absolute atomic E-state index is 13.4. The molecule has 8 nitrogen and oxygen atoms in total. The summed E-state index contributed by atoms with van der Waals surface area (Å²) < 4.78 is 24.4. The lowest BCUT2D eigenvalue weighted by atomic mass is 9.99. The van der Waals surface area contributed by atoms with Gasteiger partial charge in [0.1, 0.15) is 24.1 Å². The number of rotatable bonds is 6. The summed E-state index contributed by atoms with van der Waals surface area (Å²) in [5.41, 5.74) is 1.12. The summed E-state index contributed by atoms with van der Waals surface area (Å²) in [6.07, 6.45) is 1.02. The smallest absolute Gasteiger partial charge is 0.259 e. The molecule has 9 heteroatoms. The van der Waals surface area contributed by atoms with Crippen molar-refractivity contribution in [2.75, 3.05) is 40.5 Å². The number of carbonyl (C=O) groups excluding carboxylic acids is 2. The second kappa shape index (κ2) is 11.8. The Labute approximate surface area is 204 Å². The monoisotopic (exact) mass is 483 g/mol. The number of fused-ring (bicyclic) bond motifs is 1. The van der Waals surface area contributed by atoms with E-state index in [0.717, 1.165) is 0 Å². The Balaban J connectivity index is 1.92. The van der Waals surface area contributed by atoms with E-state index in [0.29, 0.717) is 17.7 Å². The van der Waals surface area contributed by atoms with Gasteiger partial charge < -0.3 is 24.4 Å². The molecule has 2 heterocycles. The molecule has 0 radical (unpaired) electrons. The molecule has 0 saturated carbocycles. The highest BCUT2D eigenvalue weighted by Gasteiger charge is 2.34. The first kappa shape index (κ1) is 26.1. The van der Waals surface area contributed by atoms with Crippen molar-refractivity contribution < 1.29 is 28.6 Å². The second-order valence-electron chi connectivity index (χ2n) is 8.63. The predicted octanol–water partition coefficient (Wildman–Crippen LogP) is 2.21. The first-order chi connectivity index (χ1) is 16.7. The number of pyridine rings is 1. The number of hydrogen-bond acceptors (Lipinski definition) is 6. The Kier molecular flexibility index (Phi) is 8.79. The van der Waals surface area contributed by atoms with Crippen LogP contribution >= 0.6 is 0 Å². The van der Waals surface area contributed by atoms with Crippen LogP contribution < -0.4 is 4.74 Å². The molecule has 1 aromatic heterocycles. The molecule has 0 bridgehead atoms. The van der Waals surface area contributed by atoms with Gasteiger partial charge in [-0.05, 0) is 37.3 Å². The third-order valence-corrected chi connectivity index (χ3v) is 5.86. The number of hydrogen-bond donors (Lipinski definition) is 1. The van der Waals surface area contributed by atoms with Crippen LogP contribution in [0.5, 0.6) is 5.88 Å². The van der Waals surface area contributed by atoms with Crippen molar-refractivity contribution in [2.24, 2.45) is 5.92 Å². The van der Waals surface area contributed by atoms with Crippen LogP contribution in [0.15, 0.2) is 36.5 Å². The van der Waals surface area contributed by atoms with Gasteiger partial charge in [0, 0.05) is 43.9 Å². The van der Waals surface area contributed by atoms with Crippen LogP contribution in [-0.2, 0) is 4.74 Å². The maximum atomic E-state index is 13.4. The number of halogens is 1. The molecule has 0 fully saturated rings. The highest BCUT2D eigenvalue weighted by Crippen LogP contribution is 2.27. The van der Waals surface area contributed by atoms with E-state index in [1.165, 1.54) is 42.5 Å². The number of likely N-dealkylation sites (N-methyl/N-ethyl adjacent to an activating group) is 1. The van der Waals surface area contributed by atoms with Crippen LogP contribution in [0.4, 0.5) is 4.39 Å². The number of amides is 2. The van der Waals surface area contributed by atoms with Crippen LogP contribution in [0.25, 0.3) is 0 Å². The van der Waals surface area contributed by atoms with Gasteiger partial charge in [-0.2, -0.15) is 0 Å². The van der Waals surface area contributed by atoms with E-state index in [1.807, 2.05) is 6.92 Å². The van der Waals surface area contributed by atoms with Crippen molar-refractivity contribution in [3.63, 3.8) is 0 Å². The molecular weight excluding hydrogens is 453 g/mol. The van der Waals surface area contributed by atoms with Gasteiger partial charge in [0.15, 0.2) is 0 Å². The minimum Gasteiger partial charge on any atom is -0.472 e. The normalized spacial score (nSPS) is 18.3. The van der Waals surface area contributed by atoms with Crippen LogP contribution in [0.1, 0.15) is 40.1 Å². The van der Waals surface area contributed by atoms with Gasteiger partial charge in [-0.3, -0.25) is 9.59 Å². The number of ether oxygens (including phenoxy) is 2. The summed E-state index contributed by atoms with van der Waals surface area (Å²) in [7, 11) is 3.18. The molecular formula is C26H30FN3O5. The van der Waals surface area contributed by atoms with Crippen LogP contribution in [0, 0.1) is 23.6 Å². The zero-order chi connectivity index (χ0) is 25.5. The number of aromatic nitrogens is 1. The Morgan fingerprint density at radius 3 is 2.77 bits per heavy atom. The fourth-order valence-electron chi connectivity index (χ4n) is 3.76. The molecule has 1 aliphatic rings. The van der Waals surface area contributed by atoms with Gasteiger partial charge in [-0.1, -0.05) is 18.8 Å². The summed E-state index contributed by atoms with van der Waals surface area (Å²) in [5, 5.41) is 9.77. The third kappa shape index (κ3) is 6.35. The largest absolute Gasteiger partial charge is 0.472 e. The van der Waals surface area contributed by atoms with Crippen molar-refractivity contribution in [2.45, 2.75) is 26.0 Å². The fourth-order valence-corrected chi connectivity index (χ4v) is 3.76. The summed E-state index contributed by atoms with van der Waals surface area (Å²) in [6.45, 7) is 4.24. The minimum absolute atomic E-state index is 0.140. The van der Waals surface area contributed by atoms with Crippen molar-refractivity contribution in [3.8, 4) is 17.7 Å². The van der Waals surface area contributed by atoms with E-state index in [4.69, 9.17) is 9.47 Å². The van der Waals surface area contributed by atoms with Crippen molar-refractivity contribution >= 4 is 11.8 Å². The van der Waals surface area contributed by atoms with E-state index in [-0.39, 0.29) is 48.9 Å². The van der Waals surface area contributed by atoms with Gasteiger partial charge in [0.05, 0.1) is 19.2 Å². The Bertz CT molecular complexity index is 1110. The first-order valence-corrected chi connectivity index (χ1v) is 11.3. The number of methoxy groups -OCH3 is 1. The lowest BCUT2D eigenvalue weighted by Gasteiger charge is -2.37. The summed E-state index contributed by atoms with van der Waals surface area (Å²) in [4.78, 5) is 33.7. The first-order valence-electron chi connectivity index (χ1n) is 11.3. The van der Waals surface area contributed by atoms with Crippen molar-refractivity contribution in [1.29, 1.82) is 0 Å².